The Kier molecular flexibility index (Phi) is 7.07. The molecule has 1 rings (SSSR count). The summed E-state index contributed by atoms with van der Waals surface area (Å²) >= 11 is 0. The maximum absolute atomic E-state index is 12.2. The van der Waals surface area contributed by atoms with Gasteiger partial charge in [0.05, 0.1) is 13.0 Å². The van der Waals surface area contributed by atoms with Gasteiger partial charge >= 0.3 is 6.03 Å². The number of amides is 3. The van der Waals surface area contributed by atoms with Gasteiger partial charge in [-0.15, -0.1) is 0 Å². The Morgan fingerprint density at radius 1 is 1.29 bits per heavy atom. The minimum absolute atomic E-state index is 0.134. The maximum Gasteiger partial charge on any atom is 0.321 e. The molecule has 3 amide bonds. The highest BCUT2D eigenvalue weighted by Crippen LogP contribution is 2.22. The number of benzene rings is 1. The molecule has 0 atom stereocenters. The lowest BCUT2D eigenvalue weighted by molar-refractivity contribution is -0.118. The van der Waals surface area contributed by atoms with Crippen molar-refractivity contribution in [3.8, 4) is 5.75 Å². The van der Waals surface area contributed by atoms with Crippen LogP contribution in [0.1, 0.15) is 39.2 Å². The van der Waals surface area contributed by atoms with Gasteiger partial charge in [0.2, 0.25) is 5.91 Å². The summed E-state index contributed by atoms with van der Waals surface area (Å²) in [4.78, 5) is 24.6. The third kappa shape index (κ3) is 7.35. The quantitative estimate of drug-likeness (QED) is 0.803. The summed E-state index contributed by atoms with van der Waals surface area (Å²) in [6.07, 6.45) is 1.11. The monoisotopic (exact) mass is 335 g/mol. The van der Waals surface area contributed by atoms with Crippen LogP contribution in [0.25, 0.3) is 0 Å². The number of hydrogen-bond donors (Lipinski definition) is 2. The van der Waals surface area contributed by atoms with E-state index in [-0.39, 0.29) is 24.5 Å². The van der Waals surface area contributed by atoms with Gasteiger partial charge in [0.15, 0.2) is 0 Å². The number of carbonyl (C=O) groups excluding carboxylic acids is 2. The van der Waals surface area contributed by atoms with Crippen molar-refractivity contribution in [1.29, 1.82) is 0 Å². The van der Waals surface area contributed by atoms with Crippen molar-refractivity contribution in [3.05, 3.63) is 23.8 Å². The van der Waals surface area contributed by atoms with E-state index in [1.54, 1.807) is 24.1 Å². The normalized spacial score (nSPS) is 11.0. The largest absolute Gasteiger partial charge is 0.493 e. The van der Waals surface area contributed by atoms with E-state index in [0.29, 0.717) is 12.3 Å². The highest BCUT2D eigenvalue weighted by Gasteiger charge is 2.15. The molecule has 6 nitrogen and oxygen atoms in total. The number of nitrogens with zero attached hydrogens (tertiary/aromatic N) is 1. The van der Waals surface area contributed by atoms with Crippen LogP contribution in [0.5, 0.6) is 5.75 Å². The van der Waals surface area contributed by atoms with E-state index in [0.717, 1.165) is 17.7 Å². The summed E-state index contributed by atoms with van der Waals surface area (Å²) in [6, 6.07) is 5.25. The molecule has 0 fully saturated rings. The summed E-state index contributed by atoms with van der Waals surface area (Å²) in [6.45, 7) is 9.30. The van der Waals surface area contributed by atoms with Gasteiger partial charge in [0.1, 0.15) is 5.75 Å². The van der Waals surface area contributed by atoms with Gasteiger partial charge in [-0.25, -0.2) is 4.79 Å². The molecule has 0 aliphatic rings. The third-order valence-electron chi connectivity index (χ3n) is 3.60. The number of rotatable bonds is 7. The van der Waals surface area contributed by atoms with Gasteiger partial charge < -0.3 is 20.7 Å². The molecule has 3 N–H and O–H groups in total. The molecule has 0 heterocycles. The number of nitrogens with two attached hydrogens (primary N) is 1. The average molecular weight is 335 g/mol. The predicted octanol–water partition coefficient (Wildman–Crippen LogP) is 3.15. The van der Waals surface area contributed by atoms with Gasteiger partial charge in [-0.2, -0.15) is 0 Å². The second-order valence-corrected chi connectivity index (χ2v) is 7.20. The minimum atomic E-state index is -0.395. The topological polar surface area (TPSA) is 84.7 Å². The number of anilines is 1. The van der Waals surface area contributed by atoms with Gasteiger partial charge in [-0.05, 0) is 42.5 Å². The van der Waals surface area contributed by atoms with E-state index in [2.05, 4.69) is 26.1 Å². The van der Waals surface area contributed by atoms with Crippen LogP contribution in [0.2, 0.25) is 0 Å². The van der Waals surface area contributed by atoms with Crippen molar-refractivity contribution < 1.29 is 14.3 Å². The van der Waals surface area contributed by atoms with Crippen LogP contribution < -0.4 is 15.8 Å². The fourth-order valence-corrected chi connectivity index (χ4v) is 1.95. The first-order chi connectivity index (χ1) is 11.1. The molecule has 0 saturated heterocycles. The highest BCUT2D eigenvalue weighted by molar-refractivity contribution is 5.90. The Balaban J connectivity index is 2.58. The van der Waals surface area contributed by atoms with E-state index >= 15 is 0 Å². The van der Waals surface area contributed by atoms with Gasteiger partial charge in [0.25, 0.3) is 0 Å². The van der Waals surface area contributed by atoms with E-state index in [1.807, 2.05) is 13.0 Å². The van der Waals surface area contributed by atoms with Crippen molar-refractivity contribution >= 4 is 17.6 Å². The standard InChI is InChI=1S/C18H29N3O3/c1-13-12-14(24-11-8-16(19)22)6-7-15(13)20-17(23)21(5)10-9-18(2,3)4/h6-7,12H,8-11H2,1-5H3,(H2,19,22)(H,20,23). The second-order valence-electron chi connectivity index (χ2n) is 7.20. The third-order valence-corrected chi connectivity index (χ3v) is 3.60. The molecule has 0 unspecified atom stereocenters. The fraction of sp³-hybridized carbons (Fsp3) is 0.556. The molecule has 0 saturated carbocycles. The molecular formula is C18H29N3O3. The van der Waals surface area contributed by atoms with Crippen molar-refractivity contribution in [1.82, 2.24) is 4.90 Å². The van der Waals surface area contributed by atoms with Crippen LogP contribution in [-0.2, 0) is 4.79 Å². The molecule has 1 aromatic rings. The lowest BCUT2D eigenvalue weighted by Crippen LogP contribution is -2.33. The van der Waals surface area contributed by atoms with Gasteiger partial charge in [0, 0.05) is 19.3 Å². The molecule has 134 valence electrons. The number of nitrogens with one attached hydrogen (secondary N) is 1. The number of aryl methyl sites for hydroxylation is 1. The smallest absolute Gasteiger partial charge is 0.321 e. The number of ether oxygens (including phenoxy) is 1. The summed E-state index contributed by atoms with van der Waals surface area (Å²) in [7, 11) is 1.79. The van der Waals surface area contributed by atoms with E-state index < -0.39 is 5.91 Å². The Morgan fingerprint density at radius 2 is 1.96 bits per heavy atom. The Labute approximate surface area is 144 Å². The number of hydrogen-bond acceptors (Lipinski definition) is 3. The molecule has 0 aliphatic carbocycles. The zero-order chi connectivity index (χ0) is 18.3. The maximum atomic E-state index is 12.2. The van der Waals surface area contributed by atoms with E-state index in [9.17, 15) is 9.59 Å². The molecule has 0 aromatic heterocycles. The molecule has 1 aromatic carbocycles. The molecule has 0 radical (unpaired) electrons. The zero-order valence-corrected chi connectivity index (χ0v) is 15.3. The average Bonchev–Trinajstić information content (AvgIpc) is 2.46. The van der Waals surface area contributed by atoms with Crippen molar-refractivity contribution in [2.45, 2.75) is 40.5 Å². The van der Waals surface area contributed by atoms with Crippen molar-refractivity contribution in [3.63, 3.8) is 0 Å². The van der Waals surface area contributed by atoms with Crippen LogP contribution >= 0.6 is 0 Å². The zero-order valence-electron chi connectivity index (χ0n) is 15.3. The number of primary amides is 1. The summed E-state index contributed by atoms with van der Waals surface area (Å²) < 4.78 is 5.46. The van der Waals surface area contributed by atoms with Crippen LogP contribution in [0.15, 0.2) is 18.2 Å². The molecule has 0 spiro atoms. The lowest BCUT2D eigenvalue weighted by Gasteiger charge is -2.24. The first kappa shape index (κ1) is 19.8. The van der Waals surface area contributed by atoms with Crippen LogP contribution in [0, 0.1) is 12.3 Å². The Bertz CT molecular complexity index is 579. The number of urea groups is 1. The SMILES string of the molecule is Cc1cc(OCCC(N)=O)ccc1NC(=O)N(C)CCC(C)(C)C. The predicted molar refractivity (Wildman–Crippen MR) is 96.2 cm³/mol. The first-order valence-electron chi connectivity index (χ1n) is 8.12. The molecule has 6 heteroatoms. The van der Waals surface area contributed by atoms with Crippen LogP contribution in [0.4, 0.5) is 10.5 Å². The van der Waals surface area contributed by atoms with E-state index in [4.69, 9.17) is 10.5 Å². The summed E-state index contributed by atoms with van der Waals surface area (Å²) in [5.74, 6) is 0.252. The number of carbonyl (C=O) groups is 2. The van der Waals surface area contributed by atoms with Gasteiger partial charge in [-0.1, -0.05) is 20.8 Å². The Hall–Kier alpha value is -2.24. The first-order valence-corrected chi connectivity index (χ1v) is 8.12. The van der Waals surface area contributed by atoms with Crippen molar-refractivity contribution in [2.24, 2.45) is 11.1 Å². The van der Waals surface area contributed by atoms with Crippen LogP contribution in [-0.4, -0.2) is 37.0 Å². The molecule has 0 bridgehead atoms. The molecule has 24 heavy (non-hydrogen) atoms. The molecular weight excluding hydrogens is 306 g/mol. The van der Waals surface area contributed by atoms with E-state index in [1.165, 1.54) is 0 Å². The lowest BCUT2D eigenvalue weighted by atomic mass is 9.92. The summed E-state index contributed by atoms with van der Waals surface area (Å²) in [5.41, 5.74) is 6.90. The van der Waals surface area contributed by atoms with Crippen molar-refractivity contribution in [2.75, 3.05) is 25.5 Å². The Morgan fingerprint density at radius 3 is 2.50 bits per heavy atom. The summed E-state index contributed by atoms with van der Waals surface area (Å²) in [5, 5.41) is 2.91. The molecule has 0 aliphatic heterocycles. The second kappa shape index (κ2) is 8.57. The minimum Gasteiger partial charge on any atom is -0.493 e. The fourth-order valence-electron chi connectivity index (χ4n) is 1.95. The van der Waals surface area contributed by atoms with Crippen LogP contribution in [0.3, 0.4) is 0 Å². The highest BCUT2D eigenvalue weighted by atomic mass is 16.5. The van der Waals surface area contributed by atoms with Gasteiger partial charge in [-0.3, -0.25) is 4.79 Å².